The number of halogens is 1. The number of hydrogen-bond donors (Lipinski definition) is 1. The topological polar surface area (TPSA) is 21.3 Å². The molecule has 0 aliphatic rings. The molecule has 2 rings (SSSR count). The maximum atomic E-state index is 5.85. The van der Waals surface area contributed by atoms with E-state index in [2.05, 4.69) is 66.3 Å². The summed E-state index contributed by atoms with van der Waals surface area (Å²) in [7, 11) is 0. The lowest BCUT2D eigenvalue weighted by Crippen LogP contribution is -2.10. The van der Waals surface area contributed by atoms with E-state index in [9.17, 15) is 0 Å². The Morgan fingerprint density at radius 2 is 2.05 bits per heavy atom. The fourth-order valence-corrected chi connectivity index (χ4v) is 3.28. The average molecular weight is 354 g/mol. The molecule has 0 amide bonds. The molecule has 1 aromatic heterocycles. The van der Waals surface area contributed by atoms with Crippen LogP contribution in [0, 0.1) is 0 Å². The molecule has 0 bridgehead atoms. The van der Waals surface area contributed by atoms with Gasteiger partial charge in [-0.25, -0.2) is 0 Å². The molecule has 0 radical (unpaired) electrons. The number of thiophene rings is 1. The summed E-state index contributed by atoms with van der Waals surface area (Å²) in [5, 5.41) is 3.51. The van der Waals surface area contributed by atoms with Gasteiger partial charge in [0.15, 0.2) is 0 Å². The first-order valence-corrected chi connectivity index (χ1v) is 8.48. The van der Waals surface area contributed by atoms with Crippen molar-refractivity contribution in [2.45, 2.75) is 39.3 Å². The number of benzene rings is 1. The Labute approximate surface area is 133 Å². The van der Waals surface area contributed by atoms with Gasteiger partial charge in [-0.2, -0.15) is 0 Å². The molecule has 0 fully saturated rings. The molecule has 0 saturated heterocycles. The van der Waals surface area contributed by atoms with Crippen LogP contribution in [0.1, 0.15) is 38.1 Å². The van der Waals surface area contributed by atoms with Crippen LogP contribution in [0.5, 0.6) is 5.75 Å². The lowest BCUT2D eigenvalue weighted by molar-refractivity contribution is 0.217. The highest BCUT2D eigenvalue weighted by Gasteiger charge is 2.09. The van der Waals surface area contributed by atoms with Gasteiger partial charge in [0.25, 0.3) is 0 Å². The molecule has 0 saturated carbocycles. The van der Waals surface area contributed by atoms with E-state index in [-0.39, 0.29) is 12.1 Å². The van der Waals surface area contributed by atoms with E-state index in [0.29, 0.717) is 0 Å². The molecule has 1 N–H and O–H groups in total. The monoisotopic (exact) mass is 353 g/mol. The van der Waals surface area contributed by atoms with Crippen molar-refractivity contribution >= 4 is 33.0 Å². The summed E-state index contributed by atoms with van der Waals surface area (Å²) in [6.45, 7) is 6.38. The minimum atomic E-state index is 0.246. The highest BCUT2D eigenvalue weighted by molar-refractivity contribution is 9.11. The van der Waals surface area contributed by atoms with Gasteiger partial charge in [-0.3, -0.25) is 0 Å². The van der Waals surface area contributed by atoms with Crippen molar-refractivity contribution < 1.29 is 4.74 Å². The van der Waals surface area contributed by atoms with Crippen LogP contribution < -0.4 is 10.1 Å². The van der Waals surface area contributed by atoms with Crippen LogP contribution in [0.2, 0.25) is 0 Å². The van der Waals surface area contributed by atoms with Gasteiger partial charge < -0.3 is 10.1 Å². The van der Waals surface area contributed by atoms with Crippen LogP contribution in [-0.2, 0) is 0 Å². The van der Waals surface area contributed by atoms with Crippen molar-refractivity contribution in [2.24, 2.45) is 0 Å². The average Bonchev–Trinajstić information content (AvgIpc) is 2.86. The van der Waals surface area contributed by atoms with Gasteiger partial charge in [0.2, 0.25) is 0 Å². The standard InChI is InChI=1S/C16H20BrNOS/c1-4-11(2)19-14-7-5-6-13(10-14)18-12(3)15-8-9-16(17)20-15/h5-12,18H,4H2,1-3H3. The number of anilines is 1. The Balaban J connectivity index is 2.04. The number of ether oxygens (including phenoxy) is 1. The van der Waals surface area contributed by atoms with Gasteiger partial charge in [-0.1, -0.05) is 13.0 Å². The largest absolute Gasteiger partial charge is 0.491 e. The molecule has 4 heteroatoms. The third-order valence-electron chi connectivity index (χ3n) is 3.15. The molecule has 20 heavy (non-hydrogen) atoms. The quantitative estimate of drug-likeness (QED) is 0.701. The molecule has 2 atom stereocenters. The lowest BCUT2D eigenvalue weighted by atomic mass is 10.2. The van der Waals surface area contributed by atoms with Gasteiger partial charge in [0, 0.05) is 16.6 Å². The van der Waals surface area contributed by atoms with Crippen LogP contribution in [-0.4, -0.2) is 6.10 Å². The Morgan fingerprint density at radius 1 is 1.25 bits per heavy atom. The van der Waals surface area contributed by atoms with Gasteiger partial charge in [-0.05, 0) is 60.5 Å². The van der Waals surface area contributed by atoms with Crippen LogP contribution in [0.25, 0.3) is 0 Å². The predicted molar refractivity (Wildman–Crippen MR) is 90.9 cm³/mol. The normalized spacial score (nSPS) is 13.8. The molecule has 0 spiro atoms. The Hall–Kier alpha value is -1.000. The summed E-state index contributed by atoms with van der Waals surface area (Å²) in [6, 6.07) is 12.7. The van der Waals surface area contributed by atoms with Crippen molar-refractivity contribution in [1.82, 2.24) is 0 Å². The second-order valence-corrected chi connectivity index (χ2v) is 7.37. The molecule has 0 aliphatic carbocycles. The number of hydrogen-bond acceptors (Lipinski definition) is 3. The molecule has 2 unspecified atom stereocenters. The molecular weight excluding hydrogens is 334 g/mol. The van der Waals surface area contributed by atoms with E-state index in [1.807, 2.05) is 12.1 Å². The summed E-state index contributed by atoms with van der Waals surface area (Å²) in [6.07, 6.45) is 1.26. The molecule has 2 aromatic rings. The van der Waals surface area contributed by atoms with Crippen LogP contribution in [0.15, 0.2) is 40.2 Å². The summed E-state index contributed by atoms with van der Waals surface area (Å²) < 4.78 is 7.01. The third-order valence-corrected chi connectivity index (χ3v) is 4.96. The van der Waals surface area contributed by atoms with Crippen molar-refractivity contribution in [3.8, 4) is 5.75 Å². The zero-order chi connectivity index (χ0) is 14.5. The Bertz CT molecular complexity index is 555. The van der Waals surface area contributed by atoms with E-state index in [1.54, 1.807) is 11.3 Å². The lowest BCUT2D eigenvalue weighted by Gasteiger charge is -2.16. The fourth-order valence-electron chi connectivity index (χ4n) is 1.86. The van der Waals surface area contributed by atoms with E-state index in [4.69, 9.17) is 4.74 Å². The second-order valence-electron chi connectivity index (χ2n) is 4.87. The molecule has 0 aliphatic heterocycles. The summed E-state index contributed by atoms with van der Waals surface area (Å²) in [4.78, 5) is 1.31. The molecule has 2 nitrogen and oxygen atoms in total. The number of nitrogens with one attached hydrogen (secondary N) is 1. The van der Waals surface area contributed by atoms with Crippen molar-refractivity contribution in [3.05, 3.63) is 45.1 Å². The van der Waals surface area contributed by atoms with Crippen LogP contribution >= 0.6 is 27.3 Å². The van der Waals surface area contributed by atoms with Gasteiger partial charge in [0.1, 0.15) is 5.75 Å². The second kappa shape index (κ2) is 7.14. The Kier molecular flexibility index (Phi) is 5.49. The van der Waals surface area contributed by atoms with Crippen molar-refractivity contribution in [1.29, 1.82) is 0 Å². The third kappa shape index (κ3) is 4.25. The SMILES string of the molecule is CCC(C)Oc1cccc(NC(C)c2ccc(Br)s2)c1. The summed E-state index contributed by atoms with van der Waals surface area (Å²) in [5.41, 5.74) is 1.09. The van der Waals surface area contributed by atoms with Gasteiger partial charge in [0.05, 0.1) is 15.9 Å². The van der Waals surface area contributed by atoms with E-state index >= 15 is 0 Å². The van der Waals surface area contributed by atoms with E-state index < -0.39 is 0 Å². The van der Waals surface area contributed by atoms with E-state index in [0.717, 1.165) is 21.6 Å². The number of rotatable bonds is 6. The highest BCUT2D eigenvalue weighted by Crippen LogP contribution is 2.30. The van der Waals surface area contributed by atoms with Gasteiger partial charge in [-0.15, -0.1) is 11.3 Å². The first-order chi connectivity index (χ1) is 9.58. The fraction of sp³-hybridized carbons (Fsp3) is 0.375. The molecule has 108 valence electrons. The summed E-state index contributed by atoms with van der Waals surface area (Å²) >= 11 is 5.26. The van der Waals surface area contributed by atoms with Gasteiger partial charge >= 0.3 is 0 Å². The smallest absolute Gasteiger partial charge is 0.121 e. The minimum absolute atomic E-state index is 0.246. The zero-order valence-corrected chi connectivity index (χ0v) is 14.4. The summed E-state index contributed by atoms with van der Waals surface area (Å²) in [5.74, 6) is 0.920. The van der Waals surface area contributed by atoms with Crippen LogP contribution in [0.4, 0.5) is 5.69 Å². The first kappa shape index (κ1) is 15.4. The molecular formula is C16H20BrNOS. The van der Waals surface area contributed by atoms with Crippen molar-refractivity contribution in [2.75, 3.05) is 5.32 Å². The molecule has 1 aromatic carbocycles. The predicted octanol–water partition coefficient (Wildman–Crippen LogP) is 5.86. The first-order valence-electron chi connectivity index (χ1n) is 6.87. The maximum absolute atomic E-state index is 5.85. The highest BCUT2D eigenvalue weighted by atomic mass is 79.9. The zero-order valence-electron chi connectivity index (χ0n) is 12.0. The molecule has 1 heterocycles. The minimum Gasteiger partial charge on any atom is -0.491 e. The van der Waals surface area contributed by atoms with E-state index in [1.165, 1.54) is 4.88 Å². The van der Waals surface area contributed by atoms with Crippen LogP contribution in [0.3, 0.4) is 0 Å². The Morgan fingerprint density at radius 3 is 2.70 bits per heavy atom. The maximum Gasteiger partial charge on any atom is 0.121 e. The van der Waals surface area contributed by atoms with Crippen molar-refractivity contribution in [3.63, 3.8) is 0 Å².